The summed E-state index contributed by atoms with van der Waals surface area (Å²) in [6, 6.07) is 4.47. The Morgan fingerprint density at radius 2 is 2.00 bits per heavy atom. The zero-order chi connectivity index (χ0) is 19.1. The van der Waals surface area contributed by atoms with Crippen molar-refractivity contribution in [1.82, 2.24) is 20.1 Å². The van der Waals surface area contributed by atoms with Crippen LogP contribution in [0.25, 0.3) is 0 Å². The summed E-state index contributed by atoms with van der Waals surface area (Å²) in [6.07, 6.45) is 8.19. The SMILES string of the molecule is CC(C)C(CNC(=O)N1CCC(OCc2cccnc2)CC1)N1CCCC1. The number of ether oxygens (including phenoxy) is 1. The van der Waals surface area contributed by atoms with Crippen LogP contribution in [0, 0.1) is 5.92 Å². The highest BCUT2D eigenvalue weighted by Crippen LogP contribution is 2.18. The number of carbonyl (C=O) groups excluding carboxylic acids is 1. The third kappa shape index (κ3) is 5.91. The third-order valence-corrected chi connectivity index (χ3v) is 5.78. The summed E-state index contributed by atoms with van der Waals surface area (Å²) in [5, 5.41) is 3.18. The van der Waals surface area contributed by atoms with Crippen LogP contribution in [0.1, 0.15) is 45.1 Å². The third-order valence-electron chi connectivity index (χ3n) is 5.78. The van der Waals surface area contributed by atoms with Crippen LogP contribution in [-0.4, -0.2) is 65.7 Å². The zero-order valence-electron chi connectivity index (χ0n) is 16.8. The first-order chi connectivity index (χ1) is 13.1. The second kappa shape index (κ2) is 10.0. The lowest BCUT2D eigenvalue weighted by Crippen LogP contribution is -2.51. The van der Waals surface area contributed by atoms with Crippen LogP contribution in [0.4, 0.5) is 4.79 Å². The van der Waals surface area contributed by atoms with E-state index in [1.807, 2.05) is 23.2 Å². The van der Waals surface area contributed by atoms with Crippen LogP contribution >= 0.6 is 0 Å². The smallest absolute Gasteiger partial charge is 0.317 e. The van der Waals surface area contributed by atoms with Crippen LogP contribution in [0.3, 0.4) is 0 Å². The first-order valence-electron chi connectivity index (χ1n) is 10.4. The van der Waals surface area contributed by atoms with Crippen molar-refractivity contribution < 1.29 is 9.53 Å². The number of piperidine rings is 1. The maximum atomic E-state index is 12.6. The molecule has 1 atom stereocenters. The van der Waals surface area contributed by atoms with Gasteiger partial charge in [-0.2, -0.15) is 0 Å². The van der Waals surface area contributed by atoms with E-state index >= 15 is 0 Å². The molecule has 0 radical (unpaired) electrons. The summed E-state index contributed by atoms with van der Waals surface area (Å²) in [5.41, 5.74) is 1.10. The molecule has 2 saturated heterocycles. The average molecular weight is 375 g/mol. The fourth-order valence-electron chi connectivity index (χ4n) is 4.09. The van der Waals surface area contributed by atoms with Gasteiger partial charge in [0.05, 0.1) is 12.7 Å². The van der Waals surface area contributed by atoms with Gasteiger partial charge in [0.2, 0.25) is 0 Å². The lowest BCUT2D eigenvalue weighted by atomic mass is 10.0. The Kier molecular flexibility index (Phi) is 7.47. The van der Waals surface area contributed by atoms with Gasteiger partial charge in [0, 0.05) is 38.1 Å². The van der Waals surface area contributed by atoms with Gasteiger partial charge in [-0.15, -0.1) is 0 Å². The molecule has 1 aromatic heterocycles. The number of carbonyl (C=O) groups is 1. The van der Waals surface area contributed by atoms with E-state index in [-0.39, 0.29) is 12.1 Å². The van der Waals surface area contributed by atoms with E-state index in [9.17, 15) is 4.79 Å². The predicted octanol–water partition coefficient (Wildman–Crippen LogP) is 2.89. The summed E-state index contributed by atoms with van der Waals surface area (Å²) in [4.78, 5) is 21.2. The molecule has 27 heavy (non-hydrogen) atoms. The molecule has 6 heteroatoms. The van der Waals surface area contributed by atoms with Crippen molar-refractivity contribution in [3.63, 3.8) is 0 Å². The van der Waals surface area contributed by atoms with E-state index in [1.54, 1.807) is 6.20 Å². The molecule has 0 aromatic carbocycles. The minimum Gasteiger partial charge on any atom is -0.373 e. The van der Waals surface area contributed by atoms with E-state index in [0.29, 0.717) is 18.6 Å². The lowest BCUT2D eigenvalue weighted by molar-refractivity contribution is 0.00422. The Bertz CT molecular complexity index is 567. The number of aromatic nitrogens is 1. The molecule has 2 aliphatic rings. The Morgan fingerprint density at radius 3 is 2.63 bits per heavy atom. The molecule has 0 bridgehead atoms. The number of urea groups is 1. The van der Waals surface area contributed by atoms with Crippen molar-refractivity contribution in [2.45, 2.75) is 58.3 Å². The molecular weight excluding hydrogens is 340 g/mol. The van der Waals surface area contributed by atoms with Crippen LogP contribution in [0.2, 0.25) is 0 Å². The number of nitrogens with zero attached hydrogens (tertiary/aromatic N) is 3. The number of amides is 2. The van der Waals surface area contributed by atoms with E-state index < -0.39 is 0 Å². The minimum absolute atomic E-state index is 0.0746. The maximum absolute atomic E-state index is 12.6. The zero-order valence-corrected chi connectivity index (χ0v) is 16.8. The molecule has 2 fully saturated rings. The number of pyridine rings is 1. The highest BCUT2D eigenvalue weighted by atomic mass is 16.5. The Balaban J connectivity index is 1.37. The first-order valence-corrected chi connectivity index (χ1v) is 10.4. The van der Waals surface area contributed by atoms with Gasteiger partial charge in [0.25, 0.3) is 0 Å². The van der Waals surface area contributed by atoms with Gasteiger partial charge in [-0.3, -0.25) is 9.88 Å². The maximum Gasteiger partial charge on any atom is 0.317 e. The molecule has 150 valence electrons. The van der Waals surface area contributed by atoms with Crippen molar-refractivity contribution in [3.8, 4) is 0 Å². The van der Waals surface area contributed by atoms with Gasteiger partial charge in [-0.1, -0.05) is 19.9 Å². The topological polar surface area (TPSA) is 57.7 Å². The molecular formula is C21H34N4O2. The Labute approximate surface area is 163 Å². The van der Waals surface area contributed by atoms with Crippen molar-refractivity contribution in [1.29, 1.82) is 0 Å². The second-order valence-corrected chi connectivity index (χ2v) is 8.10. The number of rotatable bonds is 7. The first kappa shape index (κ1) is 20.1. The van der Waals surface area contributed by atoms with Crippen LogP contribution in [0.5, 0.6) is 0 Å². The number of nitrogens with one attached hydrogen (secondary N) is 1. The van der Waals surface area contributed by atoms with Crippen molar-refractivity contribution in [2.75, 3.05) is 32.7 Å². The molecule has 3 heterocycles. The Morgan fingerprint density at radius 1 is 1.26 bits per heavy atom. The molecule has 1 unspecified atom stereocenters. The monoisotopic (exact) mass is 374 g/mol. The normalized spacial score (nSPS) is 20.2. The molecule has 3 rings (SSSR count). The fourth-order valence-corrected chi connectivity index (χ4v) is 4.09. The van der Waals surface area contributed by atoms with Gasteiger partial charge >= 0.3 is 6.03 Å². The van der Waals surface area contributed by atoms with Crippen LogP contribution in [0.15, 0.2) is 24.5 Å². The number of hydrogen-bond donors (Lipinski definition) is 1. The predicted molar refractivity (Wildman–Crippen MR) is 106 cm³/mol. The van der Waals surface area contributed by atoms with Crippen LogP contribution in [-0.2, 0) is 11.3 Å². The lowest BCUT2D eigenvalue weighted by Gasteiger charge is -2.34. The molecule has 1 N–H and O–H groups in total. The number of likely N-dealkylation sites (tertiary alicyclic amines) is 2. The minimum atomic E-state index is 0.0746. The summed E-state index contributed by atoms with van der Waals surface area (Å²) in [7, 11) is 0. The van der Waals surface area contributed by atoms with Gasteiger partial charge in [0.1, 0.15) is 0 Å². The van der Waals surface area contributed by atoms with E-state index in [1.165, 1.54) is 25.9 Å². The second-order valence-electron chi connectivity index (χ2n) is 8.10. The van der Waals surface area contributed by atoms with E-state index in [4.69, 9.17) is 4.74 Å². The standard InChI is InChI=1S/C21H34N4O2/c1-17(2)20(24-10-3-4-11-24)15-23-21(26)25-12-7-19(8-13-25)27-16-18-6-5-9-22-14-18/h5-6,9,14,17,19-20H,3-4,7-8,10-13,15-16H2,1-2H3,(H,23,26). The summed E-state index contributed by atoms with van der Waals surface area (Å²) < 4.78 is 5.99. The molecule has 0 aliphatic carbocycles. The molecule has 6 nitrogen and oxygen atoms in total. The molecule has 2 aliphatic heterocycles. The van der Waals surface area contributed by atoms with E-state index in [0.717, 1.165) is 38.0 Å². The molecule has 0 spiro atoms. The fraction of sp³-hybridized carbons (Fsp3) is 0.714. The van der Waals surface area contributed by atoms with Gasteiger partial charge < -0.3 is 15.0 Å². The molecule has 2 amide bonds. The molecule has 0 saturated carbocycles. The summed E-state index contributed by atoms with van der Waals surface area (Å²) in [6.45, 7) is 9.70. The van der Waals surface area contributed by atoms with Crippen molar-refractivity contribution in [3.05, 3.63) is 30.1 Å². The van der Waals surface area contributed by atoms with Crippen molar-refractivity contribution >= 4 is 6.03 Å². The average Bonchev–Trinajstić information content (AvgIpc) is 3.22. The van der Waals surface area contributed by atoms with Crippen LogP contribution < -0.4 is 5.32 Å². The quantitative estimate of drug-likeness (QED) is 0.797. The largest absolute Gasteiger partial charge is 0.373 e. The van der Waals surface area contributed by atoms with Crippen molar-refractivity contribution in [2.24, 2.45) is 5.92 Å². The summed E-state index contributed by atoms with van der Waals surface area (Å²) >= 11 is 0. The molecule has 1 aromatic rings. The van der Waals surface area contributed by atoms with Gasteiger partial charge in [0.15, 0.2) is 0 Å². The van der Waals surface area contributed by atoms with Gasteiger partial charge in [-0.05, 0) is 56.3 Å². The van der Waals surface area contributed by atoms with E-state index in [2.05, 4.69) is 29.0 Å². The highest BCUT2D eigenvalue weighted by molar-refractivity contribution is 5.74. The number of hydrogen-bond acceptors (Lipinski definition) is 4. The van der Waals surface area contributed by atoms with Gasteiger partial charge in [-0.25, -0.2) is 4.79 Å². The summed E-state index contributed by atoms with van der Waals surface area (Å²) in [5.74, 6) is 0.551. The highest BCUT2D eigenvalue weighted by Gasteiger charge is 2.27. The Hall–Kier alpha value is -1.66.